The molecule has 1 fully saturated rings. The molecule has 4 nitrogen and oxygen atoms in total. The lowest BCUT2D eigenvalue weighted by Crippen LogP contribution is -2.38. The SMILES string of the molecule is Cc1cc(C)c(C(=O)NC2CCC(CO)CC2)[nH]1. The summed E-state index contributed by atoms with van der Waals surface area (Å²) in [7, 11) is 0. The second-order valence-electron chi connectivity index (χ2n) is 5.38. The van der Waals surface area contributed by atoms with Crippen LogP contribution in [0.2, 0.25) is 0 Å². The van der Waals surface area contributed by atoms with E-state index in [0.717, 1.165) is 36.9 Å². The van der Waals surface area contributed by atoms with Crippen LogP contribution in [0.15, 0.2) is 6.07 Å². The molecule has 0 spiro atoms. The molecule has 2 rings (SSSR count). The molecule has 1 saturated carbocycles. The largest absolute Gasteiger partial charge is 0.396 e. The number of aromatic amines is 1. The quantitative estimate of drug-likeness (QED) is 0.767. The number of H-pyrrole nitrogens is 1. The summed E-state index contributed by atoms with van der Waals surface area (Å²) in [4.78, 5) is 15.2. The van der Waals surface area contributed by atoms with Crippen molar-refractivity contribution in [3.63, 3.8) is 0 Å². The zero-order valence-electron chi connectivity index (χ0n) is 11.1. The lowest BCUT2D eigenvalue weighted by molar-refractivity contribution is 0.0909. The maximum absolute atomic E-state index is 12.1. The number of hydrogen-bond acceptors (Lipinski definition) is 2. The second kappa shape index (κ2) is 5.57. The lowest BCUT2D eigenvalue weighted by atomic mass is 9.86. The van der Waals surface area contributed by atoms with Crippen LogP contribution in [0.3, 0.4) is 0 Å². The number of amides is 1. The number of carbonyl (C=O) groups excluding carboxylic acids is 1. The van der Waals surface area contributed by atoms with Gasteiger partial charge in [-0.15, -0.1) is 0 Å². The fraction of sp³-hybridized carbons (Fsp3) is 0.643. The standard InChI is InChI=1S/C14H22N2O2/c1-9-7-10(2)15-13(9)14(18)16-12-5-3-11(8-17)4-6-12/h7,11-12,15,17H,3-6,8H2,1-2H3,(H,16,18). The van der Waals surface area contributed by atoms with Gasteiger partial charge in [0.15, 0.2) is 0 Å². The summed E-state index contributed by atoms with van der Waals surface area (Å²) in [6.45, 7) is 4.17. The van der Waals surface area contributed by atoms with Crippen molar-refractivity contribution in [1.29, 1.82) is 0 Å². The fourth-order valence-corrected chi connectivity index (χ4v) is 2.71. The van der Waals surface area contributed by atoms with E-state index in [4.69, 9.17) is 5.11 Å². The van der Waals surface area contributed by atoms with Crippen LogP contribution in [0.5, 0.6) is 0 Å². The Labute approximate surface area is 108 Å². The molecule has 18 heavy (non-hydrogen) atoms. The summed E-state index contributed by atoms with van der Waals surface area (Å²) in [5.74, 6) is 0.417. The molecule has 100 valence electrons. The van der Waals surface area contributed by atoms with Crippen LogP contribution < -0.4 is 5.32 Å². The van der Waals surface area contributed by atoms with E-state index in [0.29, 0.717) is 11.6 Å². The topological polar surface area (TPSA) is 65.1 Å². The third-order valence-corrected chi connectivity index (χ3v) is 3.82. The molecule has 0 saturated heterocycles. The van der Waals surface area contributed by atoms with Gasteiger partial charge in [-0.05, 0) is 57.1 Å². The molecule has 4 heteroatoms. The molecule has 3 N–H and O–H groups in total. The first kappa shape index (κ1) is 13.1. The van der Waals surface area contributed by atoms with Crippen LogP contribution in [0.4, 0.5) is 0 Å². The number of rotatable bonds is 3. The van der Waals surface area contributed by atoms with E-state index in [9.17, 15) is 4.79 Å². The van der Waals surface area contributed by atoms with Gasteiger partial charge in [-0.25, -0.2) is 0 Å². The Morgan fingerprint density at radius 2 is 2.06 bits per heavy atom. The van der Waals surface area contributed by atoms with Crippen LogP contribution in [-0.2, 0) is 0 Å². The Morgan fingerprint density at radius 3 is 2.56 bits per heavy atom. The maximum atomic E-state index is 12.1. The van der Waals surface area contributed by atoms with Gasteiger partial charge in [0.25, 0.3) is 5.91 Å². The molecule has 0 unspecified atom stereocenters. The normalized spacial score (nSPS) is 23.9. The Balaban J connectivity index is 1.90. The summed E-state index contributed by atoms with van der Waals surface area (Å²) < 4.78 is 0. The van der Waals surface area contributed by atoms with Gasteiger partial charge < -0.3 is 15.4 Å². The number of aliphatic hydroxyl groups excluding tert-OH is 1. The van der Waals surface area contributed by atoms with Crippen molar-refractivity contribution in [2.24, 2.45) is 5.92 Å². The van der Waals surface area contributed by atoms with Gasteiger partial charge >= 0.3 is 0 Å². The van der Waals surface area contributed by atoms with Gasteiger partial charge in [-0.3, -0.25) is 4.79 Å². The first-order valence-corrected chi connectivity index (χ1v) is 6.68. The monoisotopic (exact) mass is 250 g/mol. The first-order valence-electron chi connectivity index (χ1n) is 6.68. The minimum atomic E-state index is -0.00644. The van der Waals surface area contributed by atoms with Crippen LogP contribution in [0.1, 0.15) is 47.4 Å². The van der Waals surface area contributed by atoms with Crippen molar-refractivity contribution in [1.82, 2.24) is 10.3 Å². The number of carbonyl (C=O) groups is 1. The molecule has 1 aromatic heterocycles. The Bertz CT molecular complexity index is 417. The summed E-state index contributed by atoms with van der Waals surface area (Å²) in [6, 6.07) is 2.24. The van der Waals surface area contributed by atoms with E-state index in [-0.39, 0.29) is 18.6 Å². The van der Waals surface area contributed by atoms with E-state index >= 15 is 0 Å². The first-order chi connectivity index (χ1) is 8.60. The number of aryl methyl sites for hydroxylation is 2. The van der Waals surface area contributed by atoms with E-state index < -0.39 is 0 Å². The van der Waals surface area contributed by atoms with E-state index in [1.165, 1.54) is 0 Å². The number of aromatic nitrogens is 1. The van der Waals surface area contributed by atoms with Crippen molar-refractivity contribution >= 4 is 5.91 Å². The number of aliphatic hydroxyl groups is 1. The van der Waals surface area contributed by atoms with E-state index in [1.807, 2.05) is 19.9 Å². The molecule has 0 aliphatic heterocycles. The van der Waals surface area contributed by atoms with Crippen LogP contribution in [-0.4, -0.2) is 28.6 Å². The van der Waals surface area contributed by atoms with E-state index in [2.05, 4.69) is 10.3 Å². The molecule has 0 radical (unpaired) electrons. The van der Waals surface area contributed by atoms with Gasteiger partial charge in [0.1, 0.15) is 5.69 Å². The van der Waals surface area contributed by atoms with Crippen molar-refractivity contribution in [2.45, 2.75) is 45.6 Å². The smallest absolute Gasteiger partial charge is 0.268 e. The lowest BCUT2D eigenvalue weighted by Gasteiger charge is -2.27. The molecule has 1 amide bonds. The van der Waals surface area contributed by atoms with Crippen molar-refractivity contribution in [2.75, 3.05) is 6.61 Å². The molecule has 0 atom stereocenters. The van der Waals surface area contributed by atoms with Gasteiger partial charge in [0.2, 0.25) is 0 Å². The maximum Gasteiger partial charge on any atom is 0.268 e. The van der Waals surface area contributed by atoms with Crippen molar-refractivity contribution in [3.05, 3.63) is 23.0 Å². The predicted octanol–water partition coefficient (Wildman–Crippen LogP) is 1.91. The van der Waals surface area contributed by atoms with Gasteiger partial charge in [0, 0.05) is 18.3 Å². The van der Waals surface area contributed by atoms with Gasteiger partial charge in [-0.2, -0.15) is 0 Å². The Morgan fingerprint density at radius 1 is 1.39 bits per heavy atom. The molecule has 0 bridgehead atoms. The van der Waals surface area contributed by atoms with Gasteiger partial charge in [0.05, 0.1) is 0 Å². The molecule has 1 aliphatic carbocycles. The minimum Gasteiger partial charge on any atom is -0.396 e. The predicted molar refractivity (Wildman–Crippen MR) is 70.6 cm³/mol. The fourth-order valence-electron chi connectivity index (χ4n) is 2.71. The third kappa shape index (κ3) is 2.93. The number of nitrogens with one attached hydrogen (secondary N) is 2. The third-order valence-electron chi connectivity index (χ3n) is 3.82. The molecule has 1 aromatic rings. The van der Waals surface area contributed by atoms with Crippen LogP contribution in [0, 0.1) is 19.8 Å². The highest BCUT2D eigenvalue weighted by molar-refractivity contribution is 5.94. The summed E-state index contributed by atoms with van der Waals surface area (Å²) in [6.07, 6.45) is 3.94. The van der Waals surface area contributed by atoms with Gasteiger partial charge in [-0.1, -0.05) is 0 Å². The summed E-state index contributed by atoms with van der Waals surface area (Å²) in [5, 5.41) is 12.2. The highest BCUT2D eigenvalue weighted by atomic mass is 16.3. The molecular weight excluding hydrogens is 228 g/mol. The van der Waals surface area contributed by atoms with Crippen LogP contribution in [0.25, 0.3) is 0 Å². The zero-order chi connectivity index (χ0) is 13.1. The Kier molecular flexibility index (Phi) is 4.07. The summed E-state index contributed by atoms with van der Waals surface area (Å²) in [5.41, 5.74) is 2.69. The second-order valence-corrected chi connectivity index (χ2v) is 5.38. The number of hydrogen-bond donors (Lipinski definition) is 3. The minimum absolute atomic E-state index is 0.00644. The average molecular weight is 250 g/mol. The average Bonchev–Trinajstić information content (AvgIpc) is 2.69. The summed E-state index contributed by atoms with van der Waals surface area (Å²) >= 11 is 0. The zero-order valence-corrected chi connectivity index (χ0v) is 11.1. The van der Waals surface area contributed by atoms with Crippen molar-refractivity contribution < 1.29 is 9.90 Å². The molecule has 1 heterocycles. The van der Waals surface area contributed by atoms with Crippen LogP contribution >= 0.6 is 0 Å². The van der Waals surface area contributed by atoms with Crippen molar-refractivity contribution in [3.8, 4) is 0 Å². The molecule has 0 aromatic carbocycles. The molecular formula is C14H22N2O2. The molecule has 1 aliphatic rings. The van der Waals surface area contributed by atoms with E-state index in [1.54, 1.807) is 0 Å². The Hall–Kier alpha value is -1.29. The highest BCUT2D eigenvalue weighted by Gasteiger charge is 2.23. The highest BCUT2D eigenvalue weighted by Crippen LogP contribution is 2.24.